The maximum absolute atomic E-state index is 13.3. The molecule has 1 unspecified atom stereocenters. The lowest BCUT2D eigenvalue weighted by Crippen LogP contribution is -2.42. The monoisotopic (exact) mass is 444 g/mol. The van der Waals surface area contributed by atoms with Crippen LogP contribution in [0.3, 0.4) is 0 Å². The number of nitrogens with zero attached hydrogens (tertiary/aromatic N) is 5. The smallest absolute Gasteiger partial charge is 0.453 e. The first-order valence-corrected chi connectivity index (χ1v) is 9.76. The minimum atomic E-state index is -5.54. The first-order chi connectivity index (χ1) is 14.6. The summed E-state index contributed by atoms with van der Waals surface area (Å²) in [6, 6.07) is 5.35. The van der Waals surface area contributed by atoms with Crippen LogP contribution in [0.25, 0.3) is 16.6 Å². The first-order valence-electron chi connectivity index (χ1n) is 9.76. The largest absolute Gasteiger partial charge is 0.494 e. The van der Waals surface area contributed by atoms with Gasteiger partial charge in [0.15, 0.2) is 11.5 Å². The quantitative estimate of drug-likeness (QED) is 0.606. The number of halogens is 5. The van der Waals surface area contributed by atoms with Crippen LogP contribution in [0.1, 0.15) is 31.0 Å². The molecule has 2 aromatic heterocycles. The van der Waals surface area contributed by atoms with Gasteiger partial charge < -0.3 is 15.4 Å². The molecule has 0 spiro atoms. The Hall–Kier alpha value is -2.76. The molecule has 0 saturated carbocycles. The van der Waals surface area contributed by atoms with Gasteiger partial charge in [0.1, 0.15) is 11.3 Å². The predicted octanol–water partition coefficient (Wildman–Crippen LogP) is 3.64. The number of hydrogen-bond donors (Lipinski definition) is 1. The van der Waals surface area contributed by atoms with Crippen molar-refractivity contribution in [2.45, 2.75) is 37.3 Å². The van der Waals surface area contributed by atoms with Gasteiger partial charge >= 0.3 is 12.1 Å². The summed E-state index contributed by atoms with van der Waals surface area (Å²) in [7, 11) is 1.52. The van der Waals surface area contributed by atoms with E-state index < -0.39 is 18.5 Å². The van der Waals surface area contributed by atoms with Gasteiger partial charge in [0.05, 0.1) is 7.11 Å². The second-order valence-electron chi connectivity index (χ2n) is 7.62. The fraction of sp³-hybridized carbons (Fsp3) is 0.526. The molecule has 1 aliphatic heterocycles. The summed E-state index contributed by atoms with van der Waals surface area (Å²) in [4.78, 5) is 10.5. The number of ether oxygens (including phenoxy) is 1. The topological polar surface area (TPSA) is 81.6 Å². The molecule has 12 heteroatoms. The SMILES string of the molecule is COc1cccc2c1nc(N)n1nc(C3CCCN(CCC(F)(F)C(F)(F)F)C3)nc21. The highest BCUT2D eigenvalue weighted by molar-refractivity contribution is 5.95. The molecular weight excluding hydrogens is 423 g/mol. The van der Waals surface area contributed by atoms with E-state index in [0.29, 0.717) is 54.1 Å². The van der Waals surface area contributed by atoms with E-state index in [0.717, 1.165) is 0 Å². The number of benzene rings is 1. The van der Waals surface area contributed by atoms with Crippen molar-refractivity contribution in [3.05, 3.63) is 24.0 Å². The zero-order valence-corrected chi connectivity index (χ0v) is 16.7. The Morgan fingerprint density at radius 1 is 1.19 bits per heavy atom. The van der Waals surface area contributed by atoms with Gasteiger partial charge in [-0.15, -0.1) is 5.10 Å². The molecule has 1 saturated heterocycles. The number of anilines is 1. The van der Waals surface area contributed by atoms with Gasteiger partial charge in [-0.3, -0.25) is 0 Å². The number of rotatable bonds is 5. The van der Waals surface area contributed by atoms with Gasteiger partial charge in [0.2, 0.25) is 5.95 Å². The van der Waals surface area contributed by atoms with Gasteiger partial charge in [-0.1, -0.05) is 6.07 Å². The third-order valence-corrected chi connectivity index (χ3v) is 5.55. The molecule has 0 bridgehead atoms. The summed E-state index contributed by atoms with van der Waals surface area (Å²) in [5, 5.41) is 5.13. The Balaban J connectivity index is 1.59. The molecule has 3 aromatic rings. The molecule has 4 rings (SSSR count). The van der Waals surface area contributed by atoms with Crippen molar-refractivity contribution in [1.82, 2.24) is 24.5 Å². The van der Waals surface area contributed by atoms with E-state index >= 15 is 0 Å². The molecule has 3 heterocycles. The van der Waals surface area contributed by atoms with Gasteiger partial charge in [-0.2, -0.15) is 26.5 Å². The predicted molar refractivity (Wildman–Crippen MR) is 103 cm³/mol. The van der Waals surface area contributed by atoms with Crippen molar-refractivity contribution in [1.29, 1.82) is 0 Å². The number of para-hydroxylation sites is 1. The molecule has 1 aromatic carbocycles. The van der Waals surface area contributed by atoms with Crippen LogP contribution in [0.4, 0.5) is 27.9 Å². The van der Waals surface area contributed by atoms with E-state index in [1.54, 1.807) is 17.0 Å². The Labute approximate surface area is 174 Å². The first kappa shape index (κ1) is 21.5. The Morgan fingerprint density at radius 3 is 2.68 bits per heavy atom. The fourth-order valence-corrected chi connectivity index (χ4v) is 3.89. The molecule has 1 fully saturated rings. The maximum atomic E-state index is 13.3. The number of nitrogen functional groups attached to an aromatic ring is 1. The van der Waals surface area contributed by atoms with Gasteiger partial charge in [-0.05, 0) is 31.5 Å². The molecule has 31 heavy (non-hydrogen) atoms. The molecule has 168 valence electrons. The molecule has 1 aliphatic rings. The van der Waals surface area contributed by atoms with Crippen LogP contribution < -0.4 is 10.5 Å². The summed E-state index contributed by atoms with van der Waals surface area (Å²) in [5.74, 6) is -3.82. The number of nitrogens with two attached hydrogens (primary N) is 1. The Bertz CT molecular complexity index is 1100. The highest BCUT2D eigenvalue weighted by atomic mass is 19.4. The van der Waals surface area contributed by atoms with Crippen molar-refractivity contribution in [3.8, 4) is 5.75 Å². The lowest BCUT2D eigenvalue weighted by molar-refractivity contribution is -0.285. The molecule has 7 nitrogen and oxygen atoms in total. The summed E-state index contributed by atoms with van der Waals surface area (Å²) >= 11 is 0. The number of likely N-dealkylation sites (tertiary alicyclic amines) is 1. The van der Waals surface area contributed by atoms with Crippen LogP contribution in [-0.4, -0.2) is 63.3 Å². The number of methoxy groups -OCH3 is 1. The van der Waals surface area contributed by atoms with Crippen molar-refractivity contribution in [2.75, 3.05) is 32.5 Å². The minimum absolute atomic E-state index is 0.114. The minimum Gasteiger partial charge on any atom is -0.494 e. The zero-order valence-electron chi connectivity index (χ0n) is 16.7. The number of alkyl halides is 5. The van der Waals surface area contributed by atoms with Crippen molar-refractivity contribution in [3.63, 3.8) is 0 Å². The average molecular weight is 444 g/mol. The van der Waals surface area contributed by atoms with E-state index in [9.17, 15) is 22.0 Å². The Kier molecular flexibility index (Phi) is 5.36. The van der Waals surface area contributed by atoms with E-state index in [-0.39, 0.29) is 18.4 Å². The number of aromatic nitrogens is 4. The van der Waals surface area contributed by atoms with E-state index in [1.807, 2.05) is 6.07 Å². The molecule has 1 atom stereocenters. The molecule has 2 N–H and O–H groups in total. The van der Waals surface area contributed by atoms with Crippen LogP contribution in [-0.2, 0) is 0 Å². The fourth-order valence-electron chi connectivity index (χ4n) is 3.89. The highest BCUT2D eigenvalue weighted by Crippen LogP contribution is 2.38. The van der Waals surface area contributed by atoms with Crippen LogP contribution in [0, 0.1) is 0 Å². The summed E-state index contributed by atoms with van der Waals surface area (Å²) in [5.41, 5.74) is 7.07. The van der Waals surface area contributed by atoms with E-state index in [4.69, 9.17) is 10.5 Å². The standard InChI is InChI=1S/C19H21F5N6O/c1-31-13-6-2-5-12-14(13)26-17(25)30-16(12)27-15(28-30)11-4-3-8-29(10-11)9-7-18(20,21)19(22,23)24/h2,5-6,11H,3-4,7-10H2,1H3,(H2,25,26). The normalized spacial score (nSPS) is 18.7. The van der Waals surface area contributed by atoms with Crippen LogP contribution in [0.15, 0.2) is 18.2 Å². The highest BCUT2D eigenvalue weighted by Gasteiger charge is 2.56. The lowest BCUT2D eigenvalue weighted by Gasteiger charge is -2.32. The average Bonchev–Trinajstić information content (AvgIpc) is 3.18. The van der Waals surface area contributed by atoms with E-state index in [2.05, 4.69) is 15.1 Å². The Morgan fingerprint density at radius 2 is 1.97 bits per heavy atom. The summed E-state index contributed by atoms with van der Waals surface area (Å²) in [6.45, 7) is 0.376. The van der Waals surface area contributed by atoms with Crippen molar-refractivity contribution < 1.29 is 26.7 Å². The van der Waals surface area contributed by atoms with Gasteiger partial charge in [-0.25, -0.2) is 9.97 Å². The lowest BCUT2D eigenvalue weighted by atomic mass is 9.97. The van der Waals surface area contributed by atoms with Crippen LogP contribution >= 0.6 is 0 Å². The summed E-state index contributed by atoms with van der Waals surface area (Å²) in [6.07, 6.45) is -5.49. The van der Waals surface area contributed by atoms with E-state index in [1.165, 1.54) is 11.6 Å². The van der Waals surface area contributed by atoms with Crippen LogP contribution in [0.2, 0.25) is 0 Å². The molecular formula is C19H21F5N6O. The zero-order chi connectivity index (χ0) is 22.4. The molecule has 0 amide bonds. The van der Waals surface area contributed by atoms with Crippen LogP contribution in [0.5, 0.6) is 5.75 Å². The second-order valence-corrected chi connectivity index (χ2v) is 7.62. The van der Waals surface area contributed by atoms with Crippen molar-refractivity contribution in [2.24, 2.45) is 0 Å². The van der Waals surface area contributed by atoms with Crippen molar-refractivity contribution >= 4 is 22.5 Å². The number of piperidine rings is 1. The number of hydrogen-bond acceptors (Lipinski definition) is 6. The van der Waals surface area contributed by atoms with Gasteiger partial charge in [0.25, 0.3) is 0 Å². The molecule has 0 aliphatic carbocycles. The second kappa shape index (κ2) is 7.74. The summed E-state index contributed by atoms with van der Waals surface area (Å²) < 4.78 is 70.7. The molecule has 0 radical (unpaired) electrons. The van der Waals surface area contributed by atoms with Gasteiger partial charge in [0, 0.05) is 30.8 Å². The third kappa shape index (κ3) is 3.95. The third-order valence-electron chi connectivity index (χ3n) is 5.55. The number of fused-ring (bicyclic) bond motifs is 3. The maximum Gasteiger partial charge on any atom is 0.453 e.